The van der Waals surface area contributed by atoms with Crippen LogP contribution in [-0.2, 0) is 10.0 Å². The van der Waals surface area contributed by atoms with E-state index in [2.05, 4.69) is 4.72 Å². The first-order chi connectivity index (χ1) is 12.7. The van der Waals surface area contributed by atoms with E-state index in [1.165, 1.54) is 19.1 Å². The average molecular weight is 396 g/mol. The summed E-state index contributed by atoms with van der Waals surface area (Å²) in [5.74, 6) is 0.727. The van der Waals surface area contributed by atoms with E-state index in [0.717, 1.165) is 11.6 Å². The van der Waals surface area contributed by atoms with Crippen molar-refractivity contribution in [2.45, 2.75) is 17.9 Å². The highest BCUT2D eigenvalue weighted by atomic mass is 32.2. The molecule has 2 aromatic rings. The van der Waals surface area contributed by atoms with Gasteiger partial charge in [0.25, 0.3) is 0 Å². The van der Waals surface area contributed by atoms with Crippen LogP contribution >= 0.6 is 0 Å². The lowest BCUT2D eigenvalue weighted by Crippen LogP contribution is -2.34. The van der Waals surface area contributed by atoms with E-state index in [-0.39, 0.29) is 23.0 Å². The van der Waals surface area contributed by atoms with Gasteiger partial charge in [0.15, 0.2) is 11.5 Å². The van der Waals surface area contributed by atoms with E-state index in [1.54, 1.807) is 20.3 Å². The number of hydrogen-bond donors (Lipinski definition) is 1. The van der Waals surface area contributed by atoms with Crippen molar-refractivity contribution in [3.05, 3.63) is 53.3 Å². The molecule has 0 aliphatic heterocycles. The molecule has 148 valence electrons. The molecule has 1 atom stereocenters. The van der Waals surface area contributed by atoms with Crippen LogP contribution in [0.3, 0.4) is 0 Å². The molecular weight excluding hydrogens is 371 g/mol. The number of sulfonamides is 1. The van der Waals surface area contributed by atoms with Crippen LogP contribution in [0.15, 0.2) is 41.3 Å². The molecule has 27 heavy (non-hydrogen) atoms. The molecule has 1 N–H and O–H groups in total. The summed E-state index contributed by atoms with van der Waals surface area (Å²) < 4.78 is 51.8. The fraction of sp³-hybridized carbons (Fsp3) is 0.368. The fourth-order valence-corrected chi connectivity index (χ4v) is 3.84. The van der Waals surface area contributed by atoms with Crippen molar-refractivity contribution >= 4 is 10.0 Å². The molecule has 0 aliphatic rings. The van der Waals surface area contributed by atoms with Gasteiger partial charge in [-0.25, -0.2) is 17.5 Å². The maximum absolute atomic E-state index is 13.4. The monoisotopic (exact) mass is 396 g/mol. The van der Waals surface area contributed by atoms with Gasteiger partial charge >= 0.3 is 0 Å². The van der Waals surface area contributed by atoms with E-state index < -0.39 is 15.8 Å². The number of rotatable bonds is 8. The van der Waals surface area contributed by atoms with Crippen molar-refractivity contribution in [1.82, 2.24) is 9.62 Å². The normalized spacial score (nSPS) is 12.9. The van der Waals surface area contributed by atoms with Crippen LogP contribution in [0.5, 0.6) is 11.5 Å². The number of likely N-dealkylation sites (N-methyl/N-ethyl adjacent to an activating group) is 1. The quantitative estimate of drug-likeness (QED) is 0.743. The minimum absolute atomic E-state index is 0.0335. The molecule has 0 bridgehead atoms. The van der Waals surface area contributed by atoms with Gasteiger partial charge < -0.3 is 14.4 Å². The van der Waals surface area contributed by atoms with E-state index in [1.807, 2.05) is 31.1 Å². The van der Waals surface area contributed by atoms with Crippen LogP contribution in [-0.4, -0.2) is 48.2 Å². The lowest BCUT2D eigenvalue weighted by molar-refractivity contribution is 0.297. The Labute approximate surface area is 160 Å². The minimum atomic E-state index is -3.76. The zero-order chi connectivity index (χ0) is 20.2. The zero-order valence-electron chi connectivity index (χ0n) is 16.1. The van der Waals surface area contributed by atoms with Gasteiger partial charge in [0.05, 0.1) is 19.1 Å². The van der Waals surface area contributed by atoms with E-state index in [9.17, 15) is 12.8 Å². The van der Waals surface area contributed by atoms with Crippen LogP contribution < -0.4 is 14.2 Å². The van der Waals surface area contributed by atoms with Gasteiger partial charge in [-0.1, -0.05) is 6.07 Å². The molecule has 0 spiro atoms. The maximum atomic E-state index is 13.4. The summed E-state index contributed by atoms with van der Waals surface area (Å²) >= 11 is 0. The molecule has 2 rings (SSSR count). The Morgan fingerprint density at radius 1 is 1.07 bits per heavy atom. The topological polar surface area (TPSA) is 67.9 Å². The first-order valence-corrected chi connectivity index (χ1v) is 9.82. The molecule has 8 heteroatoms. The third-order valence-corrected chi connectivity index (χ3v) is 5.74. The van der Waals surface area contributed by atoms with Gasteiger partial charge in [-0.3, -0.25) is 0 Å². The fourth-order valence-electron chi connectivity index (χ4n) is 2.71. The van der Waals surface area contributed by atoms with Crippen LogP contribution in [0.2, 0.25) is 0 Å². The summed E-state index contributed by atoms with van der Waals surface area (Å²) in [4.78, 5) is 1.94. The third-order valence-electron chi connectivity index (χ3n) is 4.32. The summed E-state index contributed by atoms with van der Waals surface area (Å²) in [6, 6.07) is 8.96. The number of hydrogen-bond acceptors (Lipinski definition) is 5. The minimum Gasteiger partial charge on any atom is -0.493 e. The molecule has 6 nitrogen and oxygen atoms in total. The highest BCUT2D eigenvalue weighted by Gasteiger charge is 2.21. The number of nitrogens with one attached hydrogen (secondary N) is 1. The lowest BCUT2D eigenvalue weighted by atomic mass is 10.1. The van der Waals surface area contributed by atoms with Crippen LogP contribution in [0.4, 0.5) is 4.39 Å². The second-order valence-corrected chi connectivity index (χ2v) is 8.12. The average Bonchev–Trinajstić information content (AvgIpc) is 2.63. The van der Waals surface area contributed by atoms with Gasteiger partial charge in [0.2, 0.25) is 10.0 Å². The number of ether oxygens (including phenoxy) is 2. The van der Waals surface area contributed by atoms with E-state index >= 15 is 0 Å². The van der Waals surface area contributed by atoms with Crippen LogP contribution in [0.1, 0.15) is 17.2 Å². The van der Waals surface area contributed by atoms with Gasteiger partial charge in [0, 0.05) is 12.6 Å². The number of methoxy groups -OCH3 is 2. The summed E-state index contributed by atoms with van der Waals surface area (Å²) in [6.45, 7) is 1.67. The Bertz CT molecular complexity index is 901. The zero-order valence-corrected chi connectivity index (χ0v) is 16.9. The Morgan fingerprint density at radius 2 is 1.74 bits per heavy atom. The predicted molar refractivity (Wildman–Crippen MR) is 102 cm³/mol. The first kappa shape index (κ1) is 21.1. The predicted octanol–water partition coefficient (Wildman–Crippen LogP) is 2.73. The van der Waals surface area contributed by atoms with Crippen molar-refractivity contribution in [1.29, 1.82) is 0 Å². The van der Waals surface area contributed by atoms with Gasteiger partial charge in [0.1, 0.15) is 5.82 Å². The van der Waals surface area contributed by atoms with Gasteiger partial charge in [-0.05, 0) is 62.5 Å². The smallest absolute Gasteiger partial charge is 0.240 e. The second-order valence-electron chi connectivity index (χ2n) is 6.36. The van der Waals surface area contributed by atoms with Crippen molar-refractivity contribution in [2.75, 3.05) is 34.9 Å². The number of halogens is 1. The van der Waals surface area contributed by atoms with Crippen molar-refractivity contribution in [3.63, 3.8) is 0 Å². The Balaban J connectivity index is 2.25. The van der Waals surface area contributed by atoms with Gasteiger partial charge in [-0.15, -0.1) is 0 Å². The molecule has 0 aromatic heterocycles. The molecule has 0 saturated carbocycles. The van der Waals surface area contributed by atoms with Crippen molar-refractivity contribution in [2.24, 2.45) is 0 Å². The highest BCUT2D eigenvalue weighted by molar-refractivity contribution is 7.89. The Hall–Kier alpha value is -2.16. The third kappa shape index (κ3) is 4.97. The van der Waals surface area contributed by atoms with E-state index in [0.29, 0.717) is 11.5 Å². The summed E-state index contributed by atoms with van der Waals surface area (Å²) in [6.07, 6.45) is 0. The molecule has 0 radical (unpaired) electrons. The Kier molecular flexibility index (Phi) is 6.80. The SMILES string of the molecule is COc1ccc(C(CNS(=O)(=O)c2ccc(F)c(C)c2)N(C)C)cc1OC. The van der Waals surface area contributed by atoms with Crippen LogP contribution in [0.25, 0.3) is 0 Å². The molecule has 0 aliphatic carbocycles. The highest BCUT2D eigenvalue weighted by Crippen LogP contribution is 2.31. The standard InChI is InChI=1S/C19H25FN2O4S/c1-13-10-15(7-8-16(13)20)27(23,24)21-12-17(22(2)3)14-6-9-18(25-4)19(11-14)26-5/h6-11,17,21H,12H2,1-5H3. The Morgan fingerprint density at radius 3 is 2.30 bits per heavy atom. The van der Waals surface area contributed by atoms with E-state index in [4.69, 9.17) is 9.47 Å². The molecule has 0 amide bonds. The molecule has 1 unspecified atom stereocenters. The lowest BCUT2D eigenvalue weighted by Gasteiger charge is -2.26. The first-order valence-electron chi connectivity index (χ1n) is 8.33. The van der Waals surface area contributed by atoms with Gasteiger partial charge in [-0.2, -0.15) is 0 Å². The number of nitrogens with zero attached hydrogens (tertiary/aromatic N) is 1. The molecule has 0 saturated heterocycles. The molecular formula is C19H25FN2O4S. The molecule has 0 heterocycles. The maximum Gasteiger partial charge on any atom is 0.240 e. The molecule has 0 fully saturated rings. The summed E-state index contributed by atoms with van der Waals surface area (Å²) in [5.41, 5.74) is 1.15. The number of benzene rings is 2. The van der Waals surface area contributed by atoms with Crippen molar-refractivity contribution in [3.8, 4) is 11.5 Å². The molecule has 2 aromatic carbocycles. The summed E-state index contributed by atoms with van der Waals surface area (Å²) in [5, 5.41) is 0. The summed E-state index contributed by atoms with van der Waals surface area (Å²) in [7, 11) is 3.06. The van der Waals surface area contributed by atoms with Crippen molar-refractivity contribution < 1.29 is 22.3 Å². The second kappa shape index (κ2) is 8.69. The van der Waals surface area contributed by atoms with Crippen LogP contribution in [0, 0.1) is 12.7 Å². The largest absolute Gasteiger partial charge is 0.493 e. The number of aryl methyl sites for hydroxylation is 1.